The summed E-state index contributed by atoms with van der Waals surface area (Å²) in [7, 11) is 1.78. The molecule has 0 unspecified atom stereocenters. The van der Waals surface area contributed by atoms with Crippen molar-refractivity contribution in [3.8, 4) is 16.9 Å². The van der Waals surface area contributed by atoms with Gasteiger partial charge in [-0.25, -0.2) is 0 Å². The van der Waals surface area contributed by atoms with Gasteiger partial charge < -0.3 is 19.0 Å². The average Bonchev–Trinajstić information content (AvgIpc) is 3.48. The molecule has 0 atom stereocenters. The number of nitrogens with zero attached hydrogens (tertiary/aromatic N) is 3. The van der Waals surface area contributed by atoms with Gasteiger partial charge in [-0.05, 0) is 30.9 Å². The SMILES string of the molecule is Cn1cc(-c2ccncc2OCC2CC2)c2oc(CN3CCNCC3)cc2c1=O. The zero-order valence-corrected chi connectivity index (χ0v) is 16.7. The maximum Gasteiger partial charge on any atom is 0.261 e. The fourth-order valence-electron chi connectivity index (χ4n) is 3.87. The monoisotopic (exact) mass is 394 g/mol. The number of furan rings is 1. The number of hydrogen-bond donors (Lipinski definition) is 1. The first-order chi connectivity index (χ1) is 14.2. The molecule has 0 bridgehead atoms. The van der Waals surface area contributed by atoms with E-state index in [1.807, 2.05) is 18.3 Å². The Kier molecular flexibility index (Phi) is 4.85. The summed E-state index contributed by atoms with van der Waals surface area (Å²) in [5.74, 6) is 2.21. The molecule has 1 saturated carbocycles. The van der Waals surface area contributed by atoms with Crippen LogP contribution in [0.5, 0.6) is 5.75 Å². The van der Waals surface area contributed by atoms with Crippen molar-refractivity contribution >= 4 is 11.0 Å². The molecule has 1 aliphatic carbocycles. The van der Waals surface area contributed by atoms with Crippen molar-refractivity contribution in [3.05, 3.63) is 46.8 Å². The van der Waals surface area contributed by atoms with Gasteiger partial charge in [0.2, 0.25) is 0 Å². The molecule has 152 valence electrons. The third kappa shape index (κ3) is 3.80. The fourth-order valence-corrected chi connectivity index (χ4v) is 3.87. The van der Waals surface area contributed by atoms with Gasteiger partial charge in [0.1, 0.15) is 17.1 Å². The van der Waals surface area contributed by atoms with E-state index < -0.39 is 0 Å². The zero-order chi connectivity index (χ0) is 19.8. The average molecular weight is 394 g/mol. The van der Waals surface area contributed by atoms with Gasteiger partial charge in [-0.2, -0.15) is 0 Å². The van der Waals surface area contributed by atoms with Crippen molar-refractivity contribution < 1.29 is 9.15 Å². The third-order valence-electron chi connectivity index (χ3n) is 5.74. The lowest BCUT2D eigenvalue weighted by Crippen LogP contribution is -2.42. The minimum atomic E-state index is -0.0476. The summed E-state index contributed by atoms with van der Waals surface area (Å²) in [5.41, 5.74) is 2.35. The normalized spacial score (nSPS) is 17.7. The van der Waals surface area contributed by atoms with E-state index in [1.54, 1.807) is 24.0 Å². The van der Waals surface area contributed by atoms with Gasteiger partial charge in [0.05, 0.1) is 24.7 Å². The minimum Gasteiger partial charge on any atom is -0.491 e. The molecule has 1 aliphatic heterocycles. The predicted molar refractivity (Wildman–Crippen MR) is 111 cm³/mol. The molecule has 7 nitrogen and oxygen atoms in total. The van der Waals surface area contributed by atoms with Crippen LogP contribution in [0.1, 0.15) is 18.6 Å². The predicted octanol–water partition coefficient (Wildman–Crippen LogP) is 2.39. The first-order valence-corrected chi connectivity index (χ1v) is 10.3. The molecule has 0 amide bonds. The van der Waals surface area contributed by atoms with Gasteiger partial charge in [0, 0.05) is 56.7 Å². The highest BCUT2D eigenvalue weighted by Crippen LogP contribution is 2.36. The standard InChI is InChI=1S/C22H26N4O3/c1-25-13-19(17-4-5-24-11-20(17)28-14-15-2-3-15)21-18(22(25)27)10-16(29-21)12-26-8-6-23-7-9-26/h4-5,10-11,13,15,23H,2-3,6-9,12,14H2,1H3. The number of piperazine rings is 1. The van der Waals surface area contributed by atoms with E-state index in [1.165, 1.54) is 12.8 Å². The molecule has 7 heteroatoms. The van der Waals surface area contributed by atoms with Crippen molar-refractivity contribution in [2.24, 2.45) is 13.0 Å². The Hall–Kier alpha value is -2.64. The molecule has 0 aromatic carbocycles. The maximum absolute atomic E-state index is 12.8. The Morgan fingerprint density at radius 2 is 2.10 bits per heavy atom. The van der Waals surface area contributed by atoms with Crippen LogP contribution >= 0.6 is 0 Å². The highest BCUT2D eigenvalue weighted by Gasteiger charge is 2.24. The highest BCUT2D eigenvalue weighted by molar-refractivity contribution is 5.93. The minimum absolute atomic E-state index is 0.0476. The van der Waals surface area contributed by atoms with Crippen LogP contribution in [-0.4, -0.2) is 47.2 Å². The Morgan fingerprint density at radius 1 is 1.28 bits per heavy atom. The molecule has 0 spiro atoms. The van der Waals surface area contributed by atoms with Crippen molar-refractivity contribution in [1.82, 2.24) is 19.8 Å². The molecule has 1 saturated heterocycles. The Bertz CT molecular complexity index is 1080. The smallest absolute Gasteiger partial charge is 0.261 e. The molecule has 2 aliphatic rings. The Labute approximate surface area is 169 Å². The molecule has 5 rings (SSSR count). The van der Waals surface area contributed by atoms with Crippen LogP contribution < -0.4 is 15.6 Å². The molecule has 3 aromatic rings. The van der Waals surface area contributed by atoms with Crippen LogP contribution in [0.2, 0.25) is 0 Å². The summed E-state index contributed by atoms with van der Waals surface area (Å²) in [6.45, 7) is 5.33. The van der Waals surface area contributed by atoms with E-state index >= 15 is 0 Å². The van der Waals surface area contributed by atoms with Crippen molar-refractivity contribution in [2.45, 2.75) is 19.4 Å². The van der Waals surface area contributed by atoms with E-state index in [4.69, 9.17) is 9.15 Å². The molecule has 29 heavy (non-hydrogen) atoms. The quantitative estimate of drug-likeness (QED) is 0.692. The van der Waals surface area contributed by atoms with E-state index in [9.17, 15) is 4.79 Å². The van der Waals surface area contributed by atoms with E-state index in [-0.39, 0.29) is 5.56 Å². The summed E-state index contributed by atoms with van der Waals surface area (Å²) < 4.78 is 13.9. The van der Waals surface area contributed by atoms with Gasteiger partial charge in [0.15, 0.2) is 0 Å². The largest absolute Gasteiger partial charge is 0.491 e. The van der Waals surface area contributed by atoms with Gasteiger partial charge in [-0.3, -0.25) is 14.7 Å². The van der Waals surface area contributed by atoms with Crippen LogP contribution in [0.4, 0.5) is 0 Å². The Morgan fingerprint density at radius 3 is 2.90 bits per heavy atom. The van der Waals surface area contributed by atoms with Gasteiger partial charge >= 0.3 is 0 Å². The number of aromatic nitrogens is 2. The number of pyridine rings is 2. The van der Waals surface area contributed by atoms with Crippen LogP contribution in [0.15, 0.2) is 39.9 Å². The van der Waals surface area contributed by atoms with E-state index in [0.717, 1.165) is 48.8 Å². The first-order valence-electron chi connectivity index (χ1n) is 10.3. The first kappa shape index (κ1) is 18.4. The molecule has 4 heterocycles. The second kappa shape index (κ2) is 7.65. The summed E-state index contributed by atoms with van der Waals surface area (Å²) in [5, 5.41) is 3.97. The molecule has 0 radical (unpaired) electrons. The topological polar surface area (TPSA) is 72.5 Å². The zero-order valence-electron chi connectivity index (χ0n) is 16.7. The maximum atomic E-state index is 12.8. The van der Waals surface area contributed by atoms with E-state index in [0.29, 0.717) is 30.0 Å². The van der Waals surface area contributed by atoms with Gasteiger partial charge in [-0.15, -0.1) is 0 Å². The molecule has 2 fully saturated rings. The van der Waals surface area contributed by atoms with Crippen molar-refractivity contribution in [2.75, 3.05) is 32.8 Å². The number of nitrogens with one attached hydrogen (secondary N) is 1. The van der Waals surface area contributed by atoms with E-state index in [2.05, 4.69) is 15.2 Å². The summed E-state index contributed by atoms with van der Waals surface area (Å²) in [6, 6.07) is 3.83. The fraction of sp³-hybridized carbons (Fsp3) is 0.455. The number of aryl methyl sites for hydroxylation is 1. The lowest BCUT2D eigenvalue weighted by Gasteiger charge is -2.26. The van der Waals surface area contributed by atoms with Crippen LogP contribution in [0, 0.1) is 5.92 Å². The summed E-state index contributed by atoms with van der Waals surface area (Å²) >= 11 is 0. The second-order valence-electron chi connectivity index (χ2n) is 8.07. The Balaban J connectivity index is 1.55. The van der Waals surface area contributed by atoms with Crippen LogP contribution in [0.3, 0.4) is 0 Å². The third-order valence-corrected chi connectivity index (χ3v) is 5.74. The highest BCUT2D eigenvalue weighted by atomic mass is 16.5. The lowest BCUT2D eigenvalue weighted by molar-refractivity contribution is 0.218. The number of ether oxygens (including phenoxy) is 1. The van der Waals surface area contributed by atoms with Crippen LogP contribution in [0.25, 0.3) is 22.1 Å². The summed E-state index contributed by atoms with van der Waals surface area (Å²) in [4.78, 5) is 19.3. The van der Waals surface area contributed by atoms with Crippen molar-refractivity contribution in [3.63, 3.8) is 0 Å². The van der Waals surface area contributed by atoms with Gasteiger partial charge in [-0.1, -0.05) is 0 Å². The van der Waals surface area contributed by atoms with Crippen LogP contribution in [-0.2, 0) is 13.6 Å². The van der Waals surface area contributed by atoms with Gasteiger partial charge in [0.25, 0.3) is 5.56 Å². The number of hydrogen-bond acceptors (Lipinski definition) is 6. The molecular formula is C22H26N4O3. The summed E-state index contributed by atoms with van der Waals surface area (Å²) in [6.07, 6.45) is 7.79. The molecular weight excluding hydrogens is 368 g/mol. The number of rotatable bonds is 6. The lowest BCUT2D eigenvalue weighted by atomic mass is 10.1. The number of fused-ring (bicyclic) bond motifs is 1. The molecule has 1 N–H and O–H groups in total. The second-order valence-corrected chi connectivity index (χ2v) is 8.07. The molecule has 3 aromatic heterocycles. The van der Waals surface area contributed by atoms with Crippen molar-refractivity contribution in [1.29, 1.82) is 0 Å².